The van der Waals surface area contributed by atoms with Crippen LogP contribution in [0.2, 0.25) is 0 Å². The van der Waals surface area contributed by atoms with Crippen molar-refractivity contribution in [3.8, 4) is 0 Å². The van der Waals surface area contributed by atoms with Gasteiger partial charge in [-0.05, 0) is 13.0 Å². The van der Waals surface area contributed by atoms with Gasteiger partial charge < -0.3 is 0 Å². The average Bonchev–Trinajstić information content (AvgIpc) is 2.24. The SMILES string of the molecule is Cc1cccc(C(=O)COS(=O)C(F)(F)F)c1. The molecule has 3 nitrogen and oxygen atoms in total. The van der Waals surface area contributed by atoms with E-state index in [1.165, 1.54) is 12.1 Å². The second kappa shape index (κ2) is 5.42. The number of hydrogen-bond acceptors (Lipinski definition) is 3. The zero-order valence-corrected chi connectivity index (χ0v) is 9.60. The lowest BCUT2D eigenvalue weighted by atomic mass is 10.1. The summed E-state index contributed by atoms with van der Waals surface area (Å²) in [4.78, 5) is 11.4. The minimum absolute atomic E-state index is 0.226. The lowest BCUT2D eigenvalue weighted by Gasteiger charge is -2.06. The molecule has 1 rings (SSSR count). The van der Waals surface area contributed by atoms with Crippen LogP contribution in [0.5, 0.6) is 0 Å². The Kier molecular flexibility index (Phi) is 4.41. The number of carbonyl (C=O) groups is 1. The molecule has 7 heteroatoms. The first-order valence-electron chi connectivity index (χ1n) is 4.52. The van der Waals surface area contributed by atoms with E-state index in [0.29, 0.717) is 0 Å². The number of hydrogen-bond donors (Lipinski definition) is 0. The highest BCUT2D eigenvalue weighted by Crippen LogP contribution is 2.20. The molecule has 94 valence electrons. The van der Waals surface area contributed by atoms with Gasteiger partial charge in [-0.25, -0.2) is 4.21 Å². The van der Waals surface area contributed by atoms with Crippen molar-refractivity contribution in [2.75, 3.05) is 6.61 Å². The van der Waals surface area contributed by atoms with Crippen LogP contribution in [0.4, 0.5) is 13.2 Å². The molecular weight excluding hydrogens is 257 g/mol. The number of ketones is 1. The van der Waals surface area contributed by atoms with Crippen molar-refractivity contribution in [3.05, 3.63) is 35.4 Å². The molecule has 0 saturated carbocycles. The molecule has 1 atom stereocenters. The smallest absolute Gasteiger partial charge is 0.292 e. The molecule has 0 aliphatic heterocycles. The number of carbonyl (C=O) groups excluding carboxylic acids is 1. The predicted octanol–water partition coefficient (Wildman–Crippen LogP) is 2.38. The van der Waals surface area contributed by atoms with Crippen LogP contribution in [0.3, 0.4) is 0 Å². The van der Waals surface area contributed by atoms with E-state index < -0.39 is 29.0 Å². The van der Waals surface area contributed by atoms with Gasteiger partial charge >= 0.3 is 5.51 Å². The average molecular weight is 266 g/mol. The van der Waals surface area contributed by atoms with Crippen LogP contribution in [0.15, 0.2) is 24.3 Å². The highest BCUT2D eigenvalue weighted by atomic mass is 32.2. The Balaban J connectivity index is 2.60. The van der Waals surface area contributed by atoms with Gasteiger partial charge in [-0.1, -0.05) is 23.8 Å². The number of benzene rings is 1. The summed E-state index contributed by atoms with van der Waals surface area (Å²) in [5.74, 6) is -0.647. The summed E-state index contributed by atoms with van der Waals surface area (Å²) in [6, 6.07) is 6.31. The number of Topliss-reactive ketones (excluding diaryl/α,β-unsaturated/α-hetero) is 1. The molecule has 1 aromatic rings. The van der Waals surface area contributed by atoms with Crippen molar-refractivity contribution >= 4 is 16.9 Å². The molecule has 0 amide bonds. The fourth-order valence-corrected chi connectivity index (χ4v) is 1.42. The van der Waals surface area contributed by atoms with Gasteiger partial charge in [0, 0.05) is 5.56 Å². The maximum Gasteiger partial charge on any atom is 0.497 e. The molecule has 0 spiro atoms. The van der Waals surface area contributed by atoms with Gasteiger partial charge in [-0.15, -0.1) is 0 Å². The van der Waals surface area contributed by atoms with Crippen LogP contribution in [-0.4, -0.2) is 22.1 Å². The van der Waals surface area contributed by atoms with Crippen molar-refractivity contribution in [3.63, 3.8) is 0 Å². The largest absolute Gasteiger partial charge is 0.497 e. The third kappa shape index (κ3) is 4.27. The summed E-state index contributed by atoms with van der Waals surface area (Å²) in [6.45, 7) is 0.876. The number of halogens is 3. The molecular formula is C10H9F3O3S. The summed E-state index contributed by atoms with van der Waals surface area (Å²) in [7, 11) is 0. The first-order chi connectivity index (χ1) is 7.80. The van der Waals surface area contributed by atoms with E-state index in [4.69, 9.17) is 0 Å². The fraction of sp³-hybridized carbons (Fsp3) is 0.300. The minimum atomic E-state index is -4.97. The van der Waals surface area contributed by atoms with Crippen LogP contribution in [-0.2, 0) is 15.3 Å². The van der Waals surface area contributed by atoms with Crippen LogP contribution in [0, 0.1) is 6.92 Å². The first-order valence-corrected chi connectivity index (χ1v) is 5.60. The van der Waals surface area contributed by atoms with Gasteiger partial charge in [0.25, 0.3) is 11.1 Å². The summed E-state index contributed by atoms with van der Waals surface area (Å²) in [6.07, 6.45) is 0. The zero-order valence-electron chi connectivity index (χ0n) is 8.78. The molecule has 0 N–H and O–H groups in total. The van der Waals surface area contributed by atoms with E-state index in [1.54, 1.807) is 19.1 Å². The number of rotatable bonds is 4. The van der Waals surface area contributed by atoms with Gasteiger partial charge in [0.2, 0.25) is 0 Å². The molecule has 0 aromatic heterocycles. The monoisotopic (exact) mass is 266 g/mol. The second-order valence-electron chi connectivity index (χ2n) is 3.24. The standard InChI is InChI=1S/C10H9F3O3S/c1-7-3-2-4-8(5-7)9(14)6-16-17(15)10(11,12)13/h2-5H,6H2,1H3. The van der Waals surface area contributed by atoms with E-state index in [0.717, 1.165) is 5.56 Å². The number of alkyl halides is 3. The van der Waals surface area contributed by atoms with Crippen LogP contribution in [0.1, 0.15) is 15.9 Å². The molecule has 0 radical (unpaired) electrons. The van der Waals surface area contributed by atoms with Crippen LogP contribution >= 0.6 is 0 Å². The maximum absolute atomic E-state index is 11.8. The Morgan fingerprint density at radius 1 is 1.41 bits per heavy atom. The zero-order chi connectivity index (χ0) is 13.1. The van der Waals surface area contributed by atoms with Crippen molar-refractivity contribution in [1.82, 2.24) is 0 Å². The normalized spacial score (nSPS) is 13.4. The molecule has 0 aliphatic carbocycles. The first kappa shape index (κ1) is 13.9. The van der Waals surface area contributed by atoms with Crippen molar-refractivity contribution in [2.45, 2.75) is 12.4 Å². The summed E-state index contributed by atoms with van der Waals surface area (Å²) in [5, 5.41) is 0. The lowest BCUT2D eigenvalue weighted by molar-refractivity contribution is -0.0467. The topological polar surface area (TPSA) is 43.4 Å². The Labute approximate surface area is 98.2 Å². The Hall–Kier alpha value is -1.21. The molecule has 17 heavy (non-hydrogen) atoms. The summed E-state index contributed by atoms with van der Waals surface area (Å²) < 4.78 is 49.9. The van der Waals surface area contributed by atoms with Gasteiger partial charge in [0.05, 0.1) is 0 Å². The highest BCUT2D eigenvalue weighted by molar-refractivity contribution is 7.81. The third-order valence-electron chi connectivity index (χ3n) is 1.83. The lowest BCUT2D eigenvalue weighted by Crippen LogP contribution is -2.21. The molecule has 0 heterocycles. The predicted molar refractivity (Wildman–Crippen MR) is 55.7 cm³/mol. The van der Waals surface area contributed by atoms with Crippen molar-refractivity contribution in [1.29, 1.82) is 0 Å². The Morgan fingerprint density at radius 2 is 2.06 bits per heavy atom. The minimum Gasteiger partial charge on any atom is -0.292 e. The van der Waals surface area contributed by atoms with Crippen molar-refractivity contribution < 1.29 is 26.4 Å². The van der Waals surface area contributed by atoms with Crippen LogP contribution < -0.4 is 0 Å². The van der Waals surface area contributed by atoms with E-state index in [9.17, 15) is 22.2 Å². The third-order valence-corrected chi connectivity index (χ3v) is 2.54. The quantitative estimate of drug-likeness (QED) is 0.786. The molecule has 0 bridgehead atoms. The highest BCUT2D eigenvalue weighted by Gasteiger charge is 2.38. The van der Waals surface area contributed by atoms with Gasteiger partial charge in [-0.3, -0.25) is 8.98 Å². The Bertz CT molecular complexity index is 443. The van der Waals surface area contributed by atoms with Gasteiger partial charge in [-0.2, -0.15) is 13.2 Å². The molecule has 0 fully saturated rings. The van der Waals surface area contributed by atoms with E-state index in [2.05, 4.69) is 4.18 Å². The fourth-order valence-electron chi connectivity index (χ4n) is 1.08. The molecule has 0 saturated heterocycles. The van der Waals surface area contributed by atoms with Gasteiger partial charge in [0.15, 0.2) is 5.78 Å². The molecule has 1 aromatic carbocycles. The van der Waals surface area contributed by atoms with Crippen molar-refractivity contribution in [2.24, 2.45) is 0 Å². The second-order valence-corrected chi connectivity index (χ2v) is 4.40. The number of aryl methyl sites for hydroxylation is 1. The van der Waals surface area contributed by atoms with E-state index in [1.807, 2.05) is 0 Å². The summed E-state index contributed by atoms with van der Waals surface area (Å²) in [5.41, 5.74) is -3.94. The molecule has 0 aliphatic rings. The van der Waals surface area contributed by atoms with Crippen LogP contribution in [0.25, 0.3) is 0 Å². The van der Waals surface area contributed by atoms with E-state index in [-0.39, 0.29) is 5.56 Å². The molecule has 1 unspecified atom stereocenters. The van der Waals surface area contributed by atoms with E-state index >= 15 is 0 Å². The van der Waals surface area contributed by atoms with Gasteiger partial charge in [0.1, 0.15) is 6.61 Å². The Morgan fingerprint density at radius 3 is 2.59 bits per heavy atom. The summed E-state index contributed by atoms with van der Waals surface area (Å²) >= 11 is -3.46. The maximum atomic E-state index is 11.8.